The molecule has 0 bridgehead atoms. The molecule has 2 amide bonds. The van der Waals surface area contributed by atoms with Crippen molar-refractivity contribution in [1.29, 1.82) is 0 Å². The number of amides is 2. The molecule has 158 valence electrons. The second kappa shape index (κ2) is 8.61. The van der Waals surface area contributed by atoms with Gasteiger partial charge in [-0.2, -0.15) is 0 Å². The molecular formula is C22H23NO7. The highest BCUT2D eigenvalue weighted by Crippen LogP contribution is 2.41. The lowest BCUT2D eigenvalue weighted by Gasteiger charge is -2.50. The summed E-state index contributed by atoms with van der Waals surface area (Å²) in [5.41, 5.74) is 1.44. The molecular weight excluding hydrogens is 390 g/mol. The molecule has 3 rings (SSSR count). The Morgan fingerprint density at radius 3 is 2.63 bits per heavy atom. The lowest BCUT2D eigenvalue weighted by Crippen LogP contribution is -2.71. The summed E-state index contributed by atoms with van der Waals surface area (Å²) in [6.45, 7) is 5.98. The van der Waals surface area contributed by atoms with Crippen molar-refractivity contribution in [2.45, 2.75) is 38.8 Å². The highest BCUT2D eigenvalue weighted by Gasteiger charge is 2.59. The van der Waals surface area contributed by atoms with Crippen LogP contribution in [0.15, 0.2) is 36.9 Å². The first-order chi connectivity index (χ1) is 14.3. The van der Waals surface area contributed by atoms with Gasteiger partial charge in [-0.25, -0.2) is 4.79 Å². The van der Waals surface area contributed by atoms with Crippen LogP contribution in [0.1, 0.15) is 36.2 Å². The Bertz CT molecular complexity index is 922. The second-order valence-corrected chi connectivity index (χ2v) is 7.40. The minimum atomic E-state index is -1.20. The van der Waals surface area contributed by atoms with Gasteiger partial charge in [0.05, 0.1) is 12.0 Å². The van der Waals surface area contributed by atoms with Crippen LogP contribution in [-0.2, 0) is 35.1 Å². The van der Waals surface area contributed by atoms with Gasteiger partial charge in [0.1, 0.15) is 12.7 Å². The van der Waals surface area contributed by atoms with Gasteiger partial charge in [-0.1, -0.05) is 36.9 Å². The predicted octanol–water partition coefficient (Wildman–Crippen LogP) is 1.47. The number of carbonyl (C=O) groups is 5. The molecule has 0 unspecified atom stereocenters. The molecule has 0 N–H and O–H groups in total. The van der Waals surface area contributed by atoms with E-state index in [9.17, 15) is 24.0 Å². The Hall–Kier alpha value is -3.29. The van der Waals surface area contributed by atoms with Crippen LogP contribution < -0.4 is 0 Å². The zero-order valence-corrected chi connectivity index (χ0v) is 16.8. The number of aryl methyl sites for hydroxylation is 1. The second-order valence-electron chi connectivity index (χ2n) is 7.40. The number of hydrogen-bond donors (Lipinski definition) is 0. The molecule has 1 heterocycles. The van der Waals surface area contributed by atoms with Gasteiger partial charge in [0.15, 0.2) is 5.78 Å². The Balaban J connectivity index is 1.92. The van der Waals surface area contributed by atoms with Crippen molar-refractivity contribution in [3.8, 4) is 0 Å². The number of nitrogens with zero attached hydrogens (tertiary/aromatic N) is 1. The number of carbonyl (C=O) groups excluding carboxylic acids is 5. The monoisotopic (exact) mass is 413 g/mol. The summed E-state index contributed by atoms with van der Waals surface area (Å²) in [5, 5.41) is 0. The van der Waals surface area contributed by atoms with E-state index in [-0.39, 0.29) is 12.4 Å². The van der Waals surface area contributed by atoms with Gasteiger partial charge in [0.2, 0.25) is 5.91 Å². The maximum absolute atomic E-state index is 13.2. The van der Waals surface area contributed by atoms with E-state index in [4.69, 9.17) is 9.47 Å². The molecule has 2 aliphatic rings. The van der Waals surface area contributed by atoms with Gasteiger partial charge in [0.25, 0.3) is 0 Å². The molecule has 0 saturated carbocycles. The van der Waals surface area contributed by atoms with Gasteiger partial charge in [-0.15, -0.1) is 0 Å². The fourth-order valence-corrected chi connectivity index (χ4v) is 4.25. The number of esters is 2. The maximum Gasteiger partial charge on any atom is 0.397 e. The third-order valence-electron chi connectivity index (χ3n) is 5.53. The first-order valence-corrected chi connectivity index (χ1v) is 9.72. The smallest absolute Gasteiger partial charge is 0.397 e. The van der Waals surface area contributed by atoms with Crippen molar-refractivity contribution in [3.63, 3.8) is 0 Å². The Kier molecular flexibility index (Phi) is 6.14. The number of hydrogen-bond acceptors (Lipinski definition) is 7. The van der Waals surface area contributed by atoms with Crippen LogP contribution >= 0.6 is 0 Å². The van der Waals surface area contributed by atoms with Crippen molar-refractivity contribution in [2.75, 3.05) is 6.61 Å². The minimum absolute atomic E-state index is 0.180. The van der Waals surface area contributed by atoms with E-state index in [1.807, 2.05) is 12.1 Å². The van der Waals surface area contributed by atoms with Gasteiger partial charge >= 0.3 is 17.8 Å². The van der Waals surface area contributed by atoms with Crippen molar-refractivity contribution in [3.05, 3.63) is 48.0 Å². The average molecular weight is 413 g/mol. The number of ketones is 1. The fourth-order valence-electron chi connectivity index (χ4n) is 4.25. The summed E-state index contributed by atoms with van der Waals surface area (Å²) in [7, 11) is 0. The van der Waals surface area contributed by atoms with Crippen LogP contribution in [0.25, 0.3) is 0 Å². The van der Waals surface area contributed by atoms with E-state index in [1.165, 1.54) is 19.9 Å². The van der Waals surface area contributed by atoms with Gasteiger partial charge in [-0.05, 0) is 25.3 Å². The van der Waals surface area contributed by atoms with E-state index in [2.05, 4.69) is 6.58 Å². The van der Waals surface area contributed by atoms with Crippen molar-refractivity contribution in [2.24, 2.45) is 11.8 Å². The summed E-state index contributed by atoms with van der Waals surface area (Å²) in [4.78, 5) is 62.8. The van der Waals surface area contributed by atoms with Crippen LogP contribution in [0.3, 0.4) is 0 Å². The predicted molar refractivity (Wildman–Crippen MR) is 104 cm³/mol. The van der Waals surface area contributed by atoms with Crippen molar-refractivity contribution < 1.29 is 33.4 Å². The first kappa shape index (κ1) is 21.4. The third kappa shape index (κ3) is 3.77. The summed E-state index contributed by atoms with van der Waals surface area (Å²) in [5.74, 6) is -5.38. The van der Waals surface area contributed by atoms with Gasteiger partial charge in [0, 0.05) is 18.4 Å². The molecule has 1 aliphatic heterocycles. The number of β-lactam (4-membered cyclic amide) rings is 1. The minimum Gasteiger partial charge on any atom is -0.462 e. The van der Waals surface area contributed by atoms with Crippen LogP contribution in [0.2, 0.25) is 0 Å². The molecule has 1 aliphatic carbocycles. The van der Waals surface area contributed by atoms with Crippen molar-refractivity contribution in [1.82, 2.24) is 4.90 Å². The van der Waals surface area contributed by atoms with E-state index in [0.717, 1.165) is 10.5 Å². The first-order valence-electron chi connectivity index (χ1n) is 9.72. The number of imide groups is 1. The highest BCUT2D eigenvalue weighted by atomic mass is 16.5. The van der Waals surface area contributed by atoms with Crippen LogP contribution in [-0.4, -0.2) is 53.2 Å². The van der Waals surface area contributed by atoms with E-state index >= 15 is 0 Å². The number of fused-ring (bicyclic) bond motifs is 1. The highest BCUT2D eigenvalue weighted by molar-refractivity contribution is 6.36. The molecule has 1 aromatic carbocycles. The van der Waals surface area contributed by atoms with Gasteiger partial charge in [-0.3, -0.25) is 24.1 Å². The SMILES string of the molecule is C=CCOC(=O)C(=O)N1C(=O)[C@H]([C@@H](C)OC(C)=O)[C@H]1[C@H]1CCc2ccccc2C1=O. The number of ether oxygens (including phenoxy) is 2. The lowest BCUT2D eigenvalue weighted by atomic mass is 9.69. The van der Waals surface area contributed by atoms with Crippen LogP contribution in [0.4, 0.5) is 0 Å². The molecule has 0 spiro atoms. The number of rotatable bonds is 5. The standard InChI is InChI=1S/C22H23NO7/c1-4-11-29-22(28)21(27)23-18(17(20(23)26)12(2)30-13(3)24)16-10-9-14-7-5-6-8-15(14)19(16)25/h4-8,12,16-18H,1,9-11H2,2-3H3/t12-,16-,17-,18-/m1/s1. The maximum atomic E-state index is 13.2. The third-order valence-corrected chi connectivity index (χ3v) is 5.53. The van der Waals surface area contributed by atoms with E-state index in [1.54, 1.807) is 12.1 Å². The van der Waals surface area contributed by atoms with Gasteiger partial charge < -0.3 is 9.47 Å². The average Bonchev–Trinajstić information content (AvgIpc) is 2.70. The Labute approximate surface area is 173 Å². The van der Waals surface area contributed by atoms with E-state index in [0.29, 0.717) is 18.4 Å². The molecule has 1 fully saturated rings. The van der Waals surface area contributed by atoms with E-state index < -0.39 is 47.7 Å². The fraction of sp³-hybridized carbons (Fsp3) is 0.409. The Morgan fingerprint density at radius 1 is 1.27 bits per heavy atom. The quantitative estimate of drug-likeness (QED) is 0.311. The van der Waals surface area contributed by atoms with Crippen molar-refractivity contribution >= 4 is 29.5 Å². The molecule has 1 saturated heterocycles. The number of Topliss-reactive ketones (excluding diaryl/α,β-unsaturated/α-hetero) is 1. The normalized spacial score (nSPS) is 23.7. The summed E-state index contributed by atoms with van der Waals surface area (Å²) in [6, 6.07) is 6.27. The van der Waals surface area contributed by atoms with Crippen LogP contribution in [0.5, 0.6) is 0 Å². The topological polar surface area (TPSA) is 107 Å². The molecule has 0 radical (unpaired) electrons. The van der Waals surface area contributed by atoms with Crippen LogP contribution in [0, 0.1) is 11.8 Å². The number of likely N-dealkylation sites (tertiary alicyclic amines) is 1. The molecule has 4 atom stereocenters. The Morgan fingerprint density at radius 2 is 1.97 bits per heavy atom. The zero-order chi connectivity index (χ0) is 22.0. The summed E-state index contributed by atoms with van der Waals surface area (Å²) < 4.78 is 9.93. The summed E-state index contributed by atoms with van der Waals surface area (Å²) >= 11 is 0. The molecule has 8 heteroatoms. The number of benzene rings is 1. The lowest BCUT2D eigenvalue weighted by molar-refractivity contribution is -0.185. The summed E-state index contributed by atoms with van der Waals surface area (Å²) in [6.07, 6.45) is 1.45. The molecule has 30 heavy (non-hydrogen) atoms. The zero-order valence-electron chi connectivity index (χ0n) is 16.8. The molecule has 8 nitrogen and oxygen atoms in total. The molecule has 0 aromatic heterocycles. The largest absolute Gasteiger partial charge is 0.462 e. The molecule has 1 aromatic rings.